The van der Waals surface area contributed by atoms with Gasteiger partial charge in [0.1, 0.15) is 10.6 Å². The van der Waals surface area contributed by atoms with E-state index in [9.17, 15) is 9.59 Å². The van der Waals surface area contributed by atoms with Crippen LogP contribution in [0.4, 0.5) is 15.6 Å². The van der Waals surface area contributed by atoms with Gasteiger partial charge in [-0.15, -0.1) is 0 Å². The molecule has 0 fully saturated rings. The number of rotatable bonds is 8. The molecule has 0 bridgehead atoms. The van der Waals surface area contributed by atoms with E-state index in [2.05, 4.69) is 20.9 Å². The second-order valence-corrected chi connectivity index (χ2v) is 6.31. The Labute approximate surface area is 155 Å². The highest BCUT2D eigenvalue weighted by Crippen LogP contribution is 2.25. The Morgan fingerprint density at radius 1 is 1.19 bits per heavy atom. The second kappa shape index (κ2) is 9.73. The summed E-state index contributed by atoms with van der Waals surface area (Å²) in [6.07, 6.45) is 0.729. The molecule has 1 aromatic carbocycles. The average Bonchev–Trinajstić information content (AvgIpc) is 2.99. The van der Waals surface area contributed by atoms with E-state index < -0.39 is 6.03 Å². The molecule has 0 unspecified atom stereocenters. The topological polar surface area (TPSA) is 102 Å². The molecule has 0 aliphatic rings. The van der Waals surface area contributed by atoms with Crippen LogP contribution in [0.5, 0.6) is 5.75 Å². The lowest BCUT2D eigenvalue weighted by atomic mass is 10.3. The monoisotopic (exact) mass is 378 g/mol. The van der Waals surface area contributed by atoms with Gasteiger partial charge in [0.25, 0.3) is 5.91 Å². The lowest BCUT2D eigenvalue weighted by Gasteiger charge is -2.09. The number of hydrogen-bond acceptors (Lipinski definition) is 6. The van der Waals surface area contributed by atoms with Crippen molar-refractivity contribution in [1.82, 2.24) is 10.3 Å². The summed E-state index contributed by atoms with van der Waals surface area (Å²) in [5.41, 5.74) is 1.10. The van der Waals surface area contributed by atoms with Gasteiger partial charge >= 0.3 is 6.03 Å². The fourth-order valence-corrected chi connectivity index (χ4v) is 3.04. The first-order valence-electron chi connectivity index (χ1n) is 8.00. The Bertz CT molecular complexity index is 763. The first-order chi connectivity index (χ1) is 12.5. The van der Waals surface area contributed by atoms with E-state index in [-0.39, 0.29) is 5.91 Å². The molecule has 0 atom stereocenters. The summed E-state index contributed by atoms with van der Waals surface area (Å²) in [5.74, 6) is 0.336. The number of para-hydroxylation sites is 2. The SMILES string of the molecule is COCCCNC(=O)c1sc(NC(=O)Nc2ccccc2OC)nc1C. The van der Waals surface area contributed by atoms with Crippen molar-refractivity contribution in [3.63, 3.8) is 0 Å². The molecule has 0 saturated heterocycles. The highest BCUT2D eigenvalue weighted by molar-refractivity contribution is 7.17. The summed E-state index contributed by atoms with van der Waals surface area (Å²) >= 11 is 1.12. The summed E-state index contributed by atoms with van der Waals surface area (Å²) in [7, 11) is 3.14. The quantitative estimate of drug-likeness (QED) is 0.613. The number of carbonyl (C=O) groups excluding carboxylic acids is 2. The minimum absolute atomic E-state index is 0.214. The van der Waals surface area contributed by atoms with E-state index in [4.69, 9.17) is 9.47 Å². The third kappa shape index (κ3) is 5.43. The van der Waals surface area contributed by atoms with E-state index in [1.165, 1.54) is 7.11 Å². The summed E-state index contributed by atoms with van der Waals surface area (Å²) in [5, 5.41) is 8.48. The molecule has 26 heavy (non-hydrogen) atoms. The van der Waals surface area contributed by atoms with Crippen molar-refractivity contribution in [2.45, 2.75) is 13.3 Å². The molecule has 9 heteroatoms. The van der Waals surface area contributed by atoms with Crippen molar-refractivity contribution >= 4 is 34.1 Å². The maximum absolute atomic E-state index is 12.2. The molecular weight excluding hydrogens is 356 g/mol. The lowest BCUT2D eigenvalue weighted by molar-refractivity contribution is 0.0952. The third-order valence-electron chi connectivity index (χ3n) is 3.39. The van der Waals surface area contributed by atoms with Crippen LogP contribution in [-0.4, -0.2) is 44.3 Å². The standard InChI is InChI=1S/C17H22N4O4S/c1-11-14(15(22)18-9-6-10-24-2)26-17(19-11)21-16(23)20-12-7-4-5-8-13(12)25-3/h4-5,7-8H,6,9-10H2,1-3H3,(H,18,22)(H2,19,20,21,23). The Hall–Kier alpha value is -2.65. The summed E-state index contributed by atoms with van der Waals surface area (Å²) in [6.45, 7) is 2.82. The van der Waals surface area contributed by atoms with Crippen LogP contribution in [0.25, 0.3) is 0 Å². The number of nitrogens with zero attached hydrogens (tertiary/aromatic N) is 1. The molecule has 0 saturated carbocycles. The highest BCUT2D eigenvalue weighted by Gasteiger charge is 2.16. The van der Waals surface area contributed by atoms with Gasteiger partial charge in [0.2, 0.25) is 0 Å². The number of aryl methyl sites for hydroxylation is 1. The van der Waals surface area contributed by atoms with Gasteiger partial charge in [0.05, 0.1) is 18.5 Å². The fraction of sp³-hybridized carbons (Fsp3) is 0.353. The van der Waals surface area contributed by atoms with Gasteiger partial charge in [-0.25, -0.2) is 9.78 Å². The number of anilines is 2. The number of hydrogen-bond donors (Lipinski definition) is 3. The number of aromatic nitrogens is 1. The number of carbonyl (C=O) groups is 2. The van der Waals surface area contributed by atoms with Gasteiger partial charge in [-0.2, -0.15) is 0 Å². The van der Waals surface area contributed by atoms with E-state index >= 15 is 0 Å². The zero-order chi connectivity index (χ0) is 18.9. The van der Waals surface area contributed by atoms with Crippen molar-refractivity contribution in [2.24, 2.45) is 0 Å². The van der Waals surface area contributed by atoms with Crippen LogP contribution >= 0.6 is 11.3 Å². The Morgan fingerprint density at radius 2 is 1.96 bits per heavy atom. The third-order valence-corrected chi connectivity index (χ3v) is 4.46. The summed E-state index contributed by atoms with van der Waals surface area (Å²) < 4.78 is 10.1. The molecule has 140 valence electrons. The molecule has 3 amide bonds. The average molecular weight is 378 g/mol. The summed E-state index contributed by atoms with van der Waals surface area (Å²) in [4.78, 5) is 29.0. The molecule has 2 aromatic rings. The molecule has 2 rings (SSSR count). The Kier molecular flexibility index (Phi) is 7.37. The molecular formula is C17H22N4O4S. The molecule has 3 N–H and O–H groups in total. The van der Waals surface area contributed by atoms with Gasteiger partial charge in [-0.05, 0) is 25.5 Å². The van der Waals surface area contributed by atoms with Crippen LogP contribution < -0.4 is 20.7 Å². The molecule has 8 nitrogen and oxygen atoms in total. The fourth-order valence-electron chi connectivity index (χ4n) is 2.16. The van der Waals surface area contributed by atoms with Gasteiger partial charge in [0.15, 0.2) is 5.13 Å². The predicted octanol–water partition coefficient (Wildman–Crippen LogP) is 2.87. The summed E-state index contributed by atoms with van der Waals surface area (Å²) in [6, 6.07) is 6.61. The molecule has 1 aromatic heterocycles. The van der Waals surface area contributed by atoms with E-state index in [1.807, 2.05) is 6.07 Å². The predicted molar refractivity (Wildman–Crippen MR) is 101 cm³/mol. The Balaban J connectivity index is 1.95. The van der Waals surface area contributed by atoms with Crippen LogP contribution in [-0.2, 0) is 4.74 Å². The van der Waals surface area contributed by atoms with Crippen molar-refractivity contribution in [3.05, 3.63) is 34.8 Å². The molecule has 0 aliphatic carbocycles. The largest absolute Gasteiger partial charge is 0.495 e. The number of thiazole rings is 1. The van der Waals surface area contributed by atoms with Crippen molar-refractivity contribution in [2.75, 3.05) is 38.0 Å². The van der Waals surface area contributed by atoms with Crippen LogP contribution in [0.3, 0.4) is 0 Å². The first-order valence-corrected chi connectivity index (χ1v) is 8.82. The van der Waals surface area contributed by atoms with E-state index in [0.717, 1.165) is 17.8 Å². The van der Waals surface area contributed by atoms with Gasteiger partial charge in [0, 0.05) is 20.3 Å². The number of urea groups is 1. The lowest BCUT2D eigenvalue weighted by Crippen LogP contribution is -2.25. The van der Waals surface area contributed by atoms with Crippen molar-refractivity contribution < 1.29 is 19.1 Å². The molecule has 1 heterocycles. The van der Waals surface area contributed by atoms with Crippen LogP contribution in [0.15, 0.2) is 24.3 Å². The first kappa shape index (κ1) is 19.7. The minimum atomic E-state index is -0.463. The highest BCUT2D eigenvalue weighted by atomic mass is 32.1. The molecule has 0 spiro atoms. The zero-order valence-electron chi connectivity index (χ0n) is 14.9. The number of ether oxygens (including phenoxy) is 2. The van der Waals surface area contributed by atoms with Crippen LogP contribution in [0, 0.1) is 6.92 Å². The van der Waals surface area contributed by atoms with Crippen LogP contribution in [0.1, 0.15) is 21.8 Å². The van der Waals surface area contributed by atoms with Gasteiger partial charge in [-0.1, -0.05) is 23.5 Å². The van der Waals surface area contributed by atoms with E-state index in [0.29, 0.717) is 40.3 Å². The normalized spacial score (nSPS) is 10.3. The maximum atomic E-state index is 12.2. The zero-order valence-corrected chi connectivity index (χ0v) is 15.7. The van der Waals surface area contributed by atoms with Crippen molar-refractivity contribution in [1.29, 1.82) is 0 Å². The number of methoxy groups -OCH3 is 2. The maximum Gasteiger partial charge on any atom is 0.325 e. The van der Waals surface area contributed by atoms with Crippen LogP contribution in [0.2, 0.25) is 0 Å². The number of amides is 3. The molecule has 0 aliphatic heterocycles. The minimum Gasteiger partial charge on any atom is -0.495 e. The smallest absolute Gasteiger partial charge is 0.325 e. The number of benzene rings is 1. The Morgan fingerprint density at radius 3 is 2.69 bits per heavy atom. The van der Waals surface area contributed by atoms with Crippen molar-refractivity contribution in [3.8, 4) is 5.75 Å². The second-order valence-electron chi connectivity index (χ2n) is 5.32. The van der Waals surface area contributed by atoms with Gasteiger partial charge in [-0.3, -0.25) is 10.1 Å². The molecule has 0 radical (unpaired) electrons. The van der Waals surface area contributed by atoms with Gasteiger partial charge < -0.3 is 20.1 Å². The van der Waals surface area contributed by atoms with E-state index in [1.54, 1.807) is 32.2 Å². The number of nitrogens with one attached hydrogen (secondary N) is 3.